The molecule has 2 nitrogen and oxygen atoms in total. The predicted octanol–water partition coefficient (Wildman–Crippen LogP) is 2.86. The number of rotatable bonds is 4. The fourth-order valence-electron chi connectivity index (χ4n) is 1.95. The first kappa shape index (κ1) is 14.7. The number of thiophene rings is 1. The van der Waals surface area contributed by atoms with Gasteiger partial charge in [-0.2, -0.15) is 0 Å². The SMILES string of the molecule is CN(Cc1cccs1)Cc1ccc(F)cc1C#CCO. The van der Waals surface area contributed by atoms with E-state index in [-0.39, 0.29) is 12.4 Å². The van der Waals surface area contributed by atoms with Crippen molar-refractivity contribution in [2.45, 2.75) is 13.1 Å². The van der Waals surface area contributed by atoms with Gasteiger partial charge in [0.15, 0.2) is 0 Å². The molecule has 1 N–H and O–H groups in total. The minimum Gasteiger partial charge on any atom is -0.384 e. The first-order valence-corrected chi connectivity index (χ1v) is 7.16. The largest absolute Gasteiger partial charge is 0.384 e. The molecule has 1 aromatic carbocycles. The van der Waals surface area contributed by atoms with E-state index < -0.39 is 0 Å². The Kier molecular flexibility index (Phi) is 5.31. The van der Waals surface area contributed by atoms with Gasteiger partial charge in [0.05, 0.1) is 0 Å². The quantitative estimate of drug-likeness (QED) is 0.875. The second kappa shape index (κ2) is 7.20. The van der Waals surface area contributed by atoms with Crippen LogP contribution in [0, 0.1) is 17.7 Å². The lowest BCUT2D eigenvalue weighted by Gasteiger charge is -2.16. The second-order valence-corrected chi connectivity index (χ2v) is 5.55. The van der Waals surface area contributed by atoms with E-state index >= 15 is 0 Å². The minimum absolute atomic E-state index is 0.221. The molecule has 0 bridgehead atoms. The van der Waals surface area contributed by atoms with E-state index in [0.717, 1.165) is 12.1 Å². The van der Waals surface area contributed by atoms with Crippen molar-refractivity contribution < 1.29 is 9.50 Å². The first-order chi connectivity index (χ1) is 9.69. The van der Waals surface area contributed by atoms with Gasteiger partial charge in [-0.15, -0.1) is 11.3 Å². The van der Waals surface area contributed by atoms with Gasteiger partial charge in [-0.3, -0.25) is 4.90 Å². The molecule has 1 heterocycles. The number of nitrogens with zero attached hydrogens (tertiary/aromatic N) is 1. The van der Waals surface area contributed by atoms with Gasteiger partial charge in [-0.1, -0.05) is 24.0 Å². The number of benzene rings is 1. The van der Waals surface area contributed by atoms with Crippen LogP contribution < -0.4 is 0 Å². The average Bonchev–Trinajstić information content (AvgIpc) is 2.91. The van der Waals surface area contributed by atoms with Crippen molar-refractivity contribution in [1.82, 2.24) is 4.90 Å². The van der Waals surface area contributed by atoms with Crippen LogP contribution in [0.5, 0.6) is 0 Å². The lowest BCUT2D eigenvalue weighted by Crippen LogP contribution is -2.17. The summed E-state index contributed by atoms with van der Waals surface area (Å²) >= 11 is 1.72. The monoisotopic (exact) mass is 289 g/mol. The molecule has 0 atom stereocenters. The van der Waals surface area contributed by atoms with Gasteiger partial charge < -0.3 is 5.11 Å². The molecule has 2 aromatic rings. The van der Waals surface area contributed by atoms with Gasteiger partial charge in [0.2, 0.25) is 0 Å². The molecule has 0 aliphatic rings. The van der Waals surface area contributed by atoms with E-state index in [1.165, 1.54) is 17.0 Å². The molecule has 2 rings (SSSR count). The number of halogens is 1. The summed E-state index contributed by atoms with van der Waals surface area (Å²) < 4.78 is 13.3. The summed E-state index contributed by atoms with van der Waals surface area (Å²) in [7, 11) is 2.02. The molecular formula is C16H16FNOS. The standard InChI is InChI=1S/C16H16FNOS/c1-18(12-16-5-3-9-20-16)11-14-6-7-15(17)10-13(14)4-2-8-19/h3,5-7,9-10,19H,8,11-12H2,1H3. The van der Waals surface area contributed by atoms with Crippen molar-refractivity contribution in [1.29, 1.82) is 0 Å². The number of hydrogen-bond acceptors (Lipinski definition) is 3. The molecule has 0 radical (unpaired) electrons. The smallest absolute Gasteiger partial charge is 0.124 e. The van der Waals surface area contributed by atoms with E-state index in [1.807, 2.05) is 13.1 Å². The zero-order valence-electron chi connectivity index (χ0n) is 11.3. The molecule has 20 heavy (non-hydrogen) atoms. The Labute approximate surface area is 122 Å². The lowest BCUT2D eigenvalue weighted by molar-refractivity contribution is 0.321. The summed E-state index contributed by atoms with van der Waals surface area (Å²) in [5.74, 6) is 5.07. The fourth-order valence-corrected chi connectivity index (χ4v) is 2.74. The van der Waals surface area contributed by atoms with Gasteiger partial charge in [0.25, 0.3) is 0 Å². The van der Waals surface area contributed by atoms with E-state index in [4.69, 9.17) is 5.11 Å². The van der Waals surface area contributed by atoms with Crippen LogP contribution in [0.1, 0.15) is 16.0 Å². The highest BCUT2D eigenvalue weighted by molar-refractivity contribution is 7.09. The van der Waals surface area contributed by atoms with Gasteiger partial charge in [0.1, 0.15) is 12.4 Å². The maximum atomic E-state index is 13.3. The van der Waals surface area contributed by atoms with Crippen LogP contribution in [0.4, 0.5) is 4.39 Å². The number of hydrogen-bond donors (Lipinski definition) is 1. The van der Waals surface area contributed by atoms with Crippen molar-refractivity contribution in [3.8, 4) is 11.8 Å². The van der Waals surface area contributed by atoms with Crippen molar-refractivity contribution >= 4 is 11.3 Å². The average molecular weight is 289 g/mol. The third kappa shape index (κ3) is 4.17. The molecular weight excluding hydrogens is 273 g/mol. The summed E-state index contributed by atoms with van der Waals surface area (Å²) in [6, 6.07) is 8.74. The molecule has 0 aliphatic heterocycles. The number of aliphatic hydroxyl groups excluding tert-OH is 1. The molecule has 0 aliphatic carbocycles. The van der Waals surface area contributed by atoms with Crippen LogP contribution in [0.2, 0.25) is 0 Å². The van der Waals surface area contributed by atoms with Crippen molar-refractivity contribution in [3.63, 3.8) is 0 Å². The van der Waals surface area contributed by atoms with E-state index in [2.05, 4.69) is 28.2 Å². The van der Waals surface area contributed by atoms with Crippen LogP contribution >= 0.6 is 11.3 Å². The molecule has 0 amide bonds. The Morgan fingerprint density at radius 3 is 2.85 bits per heavy atom. The van der Waals surface area contributed by atoms with Gasteiger partial charge in [0, 0.05) is 23.5 Å². The van der Waals surface area contributed by atoms with Crippen molar-refractivity contribution in [3.05, 3.63) is 57.5 Å². The topological polar surface area (TPSA) is 23.5 Å². The minimum atomic E-state index is -0.308. The Morgan fingerprint density at radius 1 is 1.30 bits per heavy atom. The van der Waals surface area contributed by atoms with Crippen LogP contribution in [-0.4, -0.2) is 23.7 Å². The molecule has 0 saturated heterocycles. The van der Waals surface area contributed by atoms with Crippen molar-refractivity contribution in [2.75, 3.05) is 13.7 Å². The summed E-state index contributed by atoms with van der Waals surface area (Å²) in [6.07, 6.45) is 0. The summed E-state index contributed by atoms with van der Waals surface area (Å²) in [4.78, 5) is 3.45. The van der Waals surface area contributed by atoms with Crippen LogP contribution in [0.15, 0.2) is 35.7 Å². The van der Waals surface area contributed by atoms with Gasteiger partial charge in [-0.25, -0.2) is 4.39 Å². The molecule has 4 heteroatoms. The third-order valence-electron chi connectivity index (χ3n) is 2.82. The van der Waals surface area contributed by atoms with Gasteiger partial charge in [-0.05, 0) is 36.2 Å². The Bertz CT molecular complexity index is 613. The van der Waals surface area contributed by atoms with Crippen LogP contribution in [-0.2, 0) is 13.1 Å². The van der Waals surface area contributed by atoms with Crippen molar-refractivity contribution in [2.24, 2.45) is 0 Å². The molecule has 104 valence electrons. The van der Waals surface area contributed by atoms with E-state index in [1.54, 1.807) is 17.4 Å². The van der Waals surface area contributed by atoms with Crippen LogP contribution in [0.25, 0.3) is 0 Å². The zero-order valence-corrected chi connectivity index (χ0v) is 12.1. The lowest BCUT2D eigenvalue weighted by atomic mass is 10.1. The summed E-state index contributed by atoms with van der Waals surface area (Å²) in [5.41, 5.74) is 1.60. The number of aliphatic hydroxyl groups is 1. The Balaban J connectivity index is 2.11. The third-order valence-corrected chi connectivity index (χ3v) is 3.68. The molecule has 1 aromatic heterocycles. The van der Waals surface area contributed by atoms with E-state index in [9.17, 15) is 4.39 Å². The first-order valence-electron chi connectivity index (χ1n) is 6.28. The van der Waals surface area contributed by atoms with Crippen LogP contribution in [0.3, 0.4) is 0 Å². The summed E-state index contributed by atoms with van der Waals surface area (Å²) in [6.45, 7) is 1.32. The zero-order chi connectivity index (χ0) is 14.4. The highest BCUT2D eigenvalue weighted by atomic mass is 32.1. The molecule has 0 fully saturated rings. The molecule has 0 spiro atoms. The Hall–Kier alpha value is -1.67. The predicted molar refractivity (Wildman–Crippen MR) is 79.9 cm³/mol. The fraction of sp³-hybridized carbons (Fsp3) is 0.250. The maximum Gasteiger partial charge on any atom is 0.124 e. The highest BCUT2D eigenvalue weighted by Gasteiger charge is 2.07. The maximum absolute atomic E-state index is 13.3. The molecule has 0 unspecified atom stereocenters. The summed E-state index contributed by atoms with van der Waals surface area (Å²) in [5, 5.41) is 10.8. The normalized spacial score (nSPS) is 10.4. The molecule has 0 saturated carbocycles. The second-order valence-electron chi connectivity index (χ2n) is 4.51. The Morgan fingerprint density at radius 2 is 2.15 bits per heavy atom. The van der Waals surface area contributed by atoms with E-state index in [0.29, 0.717) is 12.1 Å². The highest BCUT2D eigenvalue weighted by Crippen LogP contribution is 2.16. The van der Waals surface area contributed by atoms with Gasteiger partial charge >= 0.3 is 0 Å².